The van der Waals surface area contributed by atoms with Crippen LogP contribution in [0.15, 0.2) is 41.8 Å². The third kappa shape index (κ3) is 4.64. The first-order valence-corrected chi connectivity index (χ1v) is 7.04. The van der Waals surface area contributed by atoms with Crippen molar-refractivity contribution in [1.82, 2.24) is 15.3 Å². The van der Waals surface area contributed by atoms with Crippen LogP contribution in [0.25, 0.3) is 10.4 Å². The van der Waals surface area contributed by atoms with Crippen LogP contribution in [-0.4, -0.2) is 21.6 Å². The van der Waals surface area contributed by atoms with Crippen molar-refractivity contribution in [3.8, 4) is 6.07 Å². The lowest BCUT2D eigenvalue weighted by Gasteiger charge is -2.11. The van der Waals surface area contributed by atoms with Crippen LogP contribution in [0, 0.1) is 11.3 Å². The molecule has 1 aromatic carbocycles. The van der Waals surface area contributed by atoms with E-state index in [2.05, 4.69) is 30.6 Å². The molecule has 0 aliphatic carbocycles. The fourth-order valence-corrected chi connectivity index (χ4v) is 2.04. The number of hydrogen-bond donors (Lipinski definition) is 2. The fourth-order valence-electron chi connectivity index (χ4n) is 1.84. The molecule has 0 amide bonds. The second-order valence-corrected chi connectivity index (χ2v) is 4.72. The Bertz CT molecular complexity index is 791. The summed E-state index contributed by atoms with van der Waals surface area (Å²) in [7, 11) is 0. The van der Waals surface area contributed by atoms with Gasteiger partial charge >= 0.3 is 0 Å². The van der Waals surface area contributed by atoms with Crippen LogP contribution >= 0.6 is 12.2 Å². The monoisotopic (exact) mass is 324 g/mol. The average Bonchev–Trinajstić information content (AvgIpc) is 2.57. The van der Waals surface area contributed by atoms with Gasteiger partial charge in [-0.1, -0.05) is 29.4 Å². The minimum absolute atomic E-state index is 0.172. The zero-order valence-corrected chi connectivity index (χ0v) is 12.8. The molecule has 0 radical (unpaired) electrons. The number of hydrogen-bond acceptors (Lipinski definition) is 5. The smallest absolute Gasteiger partial charge is 0.183 e. The number of azide groups is 1. The van der Waals surface area contributed by atoms with Gasteiger partial charge in [0.25, 0.3) is 0 Å². The number of nitrogens with one attached hydrogen (secondary N) is 2. The van der Waals surface area contributed by atoms with Gasteiger partial charge in [0, 0.05) is 29.5 Å². The Hall–Kier alpha value is -3.21. The molecule has 1 aromatic heterocycles. The predicted octanol–water partition coefficient (Wildman–Crippen LogP) is 2.82. The molecular formula is C14H12N8S. The molecule has 0 saturated carbocycles. The summed E-state index contributed by atoms with van der Waals surface area (Å²) >= 11 is 5.16. The molecule has 0 saturated heterocycles. The summed E-state index contributed by atoms with van der Waals surface area (Å²) in [6.45, 7) is 0.534. The summed E-state index contributed by atoms with van der Waals surface area (Å²) in [4.78, 5) is 10.7. The first-order chi connectivity index (χ1) is 11.2. The summed E-state index contributed by atoms with van der Waals surface area (Å²) in [5.74, 6) is 0.307. The molecule has 0 atom stereocenters. The molecule has 9 heteroatoms. The molecule has 2 aromatic rings. The van der Waals surface area contributed by atoms with Crippen LogP contribution in [0.3, 0.4) is 0 Å². The minimum atomic E-state index is 0.172. The zero-order valence-electron chi connectivity index (χ0n) is 12.0. The third-order valence-corrected chi connectivity index (χ3v) is 3.11. The lowest BCUT2D eigenvalue weighted by molar-refractivity contribution is 0.872. The summed E-state index contributed by atoms with van der Waals surface area (Å²) in [6.07, 6.45) is 3.54. The Labute approximate surface area is 137 Å². The molecule has 8 nitrogen and oxygen atoms in total. The highest BCUT2D eigenvalue weighted by Crippen LogP contribution is 2.18. The first kappa shape index (κ1) is 16.2. The van der Waals surface area contributed by atoms with Crippen molar-refractivity contribution in [3.63, 3.8) is 0 Å². The van der Waals surface area contributed by atoms with Crippen LogP contribution < -0.4 is 10.6 Å². The third-order valence-electron chi connectivity index (χ3n) is 2.86. The minimum Gasteiger partial charge on any atom is -0.362 e. The molecule has 0 fully saturated rings. The van der Waals surface area contributed by atoms with Gasteiger partial charge in [-0.2, -0.15) is 5.26 Å². The van der Waals surface area contributed by atoms with Crippen LogP contribution in [0.1, 0.15) is 11.3 Å². The molecule has 23 heavy (non-hydrogen) atoms. The van der Waals surface area contributed by atoms with Crippen molar-refractivity contribution in [2.45, 2.75) is 6.42 Å². The van der Waals surface area contributed by atoms with Crippen molar-refractivity contribution in [2.75, 3.05) is 11.9 Å². The van der Waals surface area contributed by atoms with Crippen molar-refractivity contribution in [1.29, 1.82) is 5.26 Å². The van der Waals surface area contributed by atoms with Gasteiger partial charge in [-0.15, -0.1) is 0 Å². The Balaban J connectivity index is 1.91. The molecule has 0 spiro atoms. The van der Waals surface area contributed by atoms with E-state index in [-0.39, 0.29) is 5.69 Å². The summed E-state index contributed by atoms with van der Waals surface area (Å²) in [5, 5.41) is 18.8. The number of thiocarbonyl (C=S) groups is 1. The number of benzene rings is 1. The lowest BCUT2D eigenvalue weighted by Crippen LogP contribution is -2.30. The Kier molecular flexibility index (Phi) is 5.82. The largest absolute Gasteiger partial charge is 0.362 e. The van der Waals surface area contributed by atoms with E-state index in [0.29, 0.717) is 29.6 Å². The second kappa shape index (κ2) is 8.29. The molecule has 114 valence electrons. The number of anilines is 1. The van der Waals surface area contributed by atoms with E-state index in [1.54, 1.807) is 6.07 Å². The highest BCUT2D eigenvalue weighted by atomic mass is 32.1. The van der Waals surface area contributed by atoms with Crippen LogP contribution in [-0.2, 0) is 6.42 Å². The molecule has 0 aliphatic heterocycles. The van der Waals surface area contributed by atoms with Gasteiger partial charge in [0.05, 0.1) is 0 Å². The number of aromatic nitrogens is 2. The van der Waals surface area contributed by atoms with Gasteiger partial charge in [0.1, 0.15) is 6.07 Å². The van der Waals surface area contributed by atoms with Crippen LogP contribution in [0.2, 0.25) is 0 Å². The predicted molar refractivity (Wildman–Crippen MR) is 89.9 cm³/mol. The second-order valence-electron chi connectivity index (χ2n) is 4.31. The Morgan fingerprint density at radius 3 is 2.91 bits per heavy atom. The highest BCUT2D eigenvalue weighted by Gasteiger charge is 2.06. The number of rotatable bonds is 5. The normalized spacial score (nSPS) is 9.35. The van der Waals surface area contributed by atoms with Crippen molar-refractivity contribution in [2.24, 2.45) is 5.11 Å². The molecule has 0 bridgehead atoms. The zero-order chi connectivity index (χ0) is 16.5. The van der Waals surface area contributed by atoms with E-state index in [9.17, 15) is 0 Å². The van der Waals surface area contributed by atoms with E-state index in [4.69, 9.17) is 23.0 Å². The molecule has 2 rings (SSSR count). The van der Waals surface area contributed by atoms with Crippen molar-refractivity contribution >= 4 is 28.8 Å². The van der Waals surface area contributed by atoms with Crippen molar-refractivity contribution < 1.29 is 0 Å². The van der Waals surface area contributed by atoms with Crippen molar-refractivity contribution in [3.05, 3.63) is 58.4 Å². The van der Waals surface area contributed by atoms with Gasteiger partial charge in [-0.05, 0) is 29.7 Å². The quantitative estimate of drug-likeness (QED) is 0.377. The summed E-state index contributed by atoms with van der Waals surface area (Å²) in [5.41, 5.74) is 10.2. The number of nitriles is 1. The summed E-state index contributed by atoms with van der Waals surface area (Å²) < 4.78 is 0. The van der Waals surface area contributed by atoms with Gasteiger partial charge < -0.3 is 10.6 Å². The Morgan fingerprint density at radius 1 is 1.35 bits per heavy atom. The SMILES string of the molecule is N#Cc1nccnc1NC(=S)NCCc1ccccc1N=[N+]=[N-]. The highest BCUT2D eigenvalue weighted by molar-refractivity contribution is 7.80. The van der Waals surface area contributed by atoms with Gasteiger partial charge in [0.15, 0.2) is 16.6 Å². The van der Waals surface area contributed by atoms with Crippen LogP contribution in [0.5, 0.6) is 0 Å². The number of nitrogens with zero attached hydrogens (tertiary/aromatic N) is 6. The maximum atomic E-state index is 8.94. The van der Waals surface area contributed by atoms with E-state index >= 15 is 0 Å². The van der Waals surface area contributed by atoms with Gasteiger partial charge in [0.2, 0.25) is 0 Å². The molecular weight excluding hydrogens is 312 g/mol. The standard InChI is InChI=1S/C14H12N8S/c15-9-12-13(18-8-7-17-12)20-14(23)19-6-5-10-3-1-2-4-11(10)21-22-16/h1-4,7-8H,5-6H2,(H2,18,19,20,23). The van der Waals surface area contributed by atoms with Crippen LogP contribution in [0.4, 0.5) is 11.5 Å². The first-order valence-electron chi connectivity index (χ1n) is 6.63. The molecule has 2 N–H and O–H groups in total. The lowest BCUT2D eigenvalue weighted by atomic mass is 10.1. The molecule has 0 aliphatic rings. The van der Waals surface area contributed by atoms with Gasteiger partial charge in [-0.3, -0.25) is 0 Å². The average molecular weight is 324 g/mol. The van der Waals surface area contributed by atoms with E-state index in [1.807, 2.05) is 24.3 Å². The Morgan fingerprint density at radius 2 is 2.13 bits per heavy atom. The summed E-state index contributed by atoms with van der Waals surface area (Å²) in [6, 6.07) is 9.26. The van der Waals surface area contributed by atoms with E-state index < -0.39 is 0 Å². The molecule has 0 unspecified atom stereocenters. The molecule has 1 heterocycles. The fraction of sp³-hybridized carbons (Fsp3) is 0.143. The maximum Gasteiger partial charge on any atom is 0.183 e. The topological polar surface area (TPSA) is 122 Å². The van der Waals surface area contributed by atoms with Gasteiger partial charge in [-0.25, -0.2) is 9.97 Å². The maximum absolute atomic E-state index is 8.94. The van der Waals surface area contributed by atoms with E-state index in [1.165, 1.54) is 12.4 Å². The van der Waals surface area contributed by atoms with E-state index in [0.717, 1.165) is 5.56 Å².